The minimum Gasteiger partial charge on any atom is -0.480 e. The van der Waals surface area contributed by atoms with E-state index in [0.717, 1.165) is 0 Å². The van der Waals surface area contributed by atoms with Crippen molar-refractivity contribution in [2.45, 2.75) is 25.9 Å². The summed E-state index contributed by atoms with van der Waals surface area (Å²) in [5.74, 6) is -0.283. The average molecular weight is 576 g/mol. The summed E-state index contributed by atoms with van der Waals surface area (Å²) in [6.45, 7) is 3.94. The van der Waals surface area contributed by atoms with Crippen LogP contribution >= 0.6 is 11.6 Å². The van der Waals surface area contributed by atoms with Crippen molar-refractivity contribution in [3.8, 4) is 23.2 Å². The van der Waals surface area contributed by atoms with E-state index in [4.69, 9.17) is 16.3 Å². The van der Waals surface area contributed by atoms with Crippen LogP contribution in [0.2, 0.25) is 5.02 Å². The molecule has 1 aliphatic heterocycles. The summed E-state index contributed by atoms with van der Waals surface area (Å²) >= 11 is 6.24. The van der Waals surface area contributed by atoms with Gasteiger partial charge in [0.15, 0.2) is 0 Å². The van der Waals surface area contributed by atoms with E-state index in [2.05, 4.69) is 9.97 Å². The average Bonchev–Trinajstić information content (AvgIpc) is 3.46. The van der Waals surface area contributed by atoms with Crippen LogP contribution < -0.4 is 20.1 Å². The summed E-state index contributed by atoms with van der Waals surface area (Å²) in [7, 11) is 6.69. The number of amides is 1. The minimum absolute atomic E-state index is 0.0607. The van der Waals surface area contributed by atoms with Crippen LogP contribution in [0, 0.1) is 17.1 Å². The van der Waals surface area contributed by atoms with E-state index in [-0.39, 0.29) is 22.5 Å². The number of rotatable bonds is 6. The first kappa shape index (κ1) is 27.9. The minimum atomic E-state index is -0.808. The fraction of sp³-hybridized carbons (Fsp3) is 0.276. The molecule has 3 aromatic heterocycles. The Morgan fingerprint density at radius 2 is 1.90 bits per heavy atom. The van der Waals surface area contributed by atoms with E-state index in [1.54, 1.807) is 23.2 Å². The highest BCUT2D eigenvalue weighted by molar-refractivity contribution is 6.30. The first-order valence-corrected chi connectivity index (χ1v) is 13.1. The second-order valence-corrected chi connectivity index (χ2v) is 10.6. The van der Waals surface area contributed by atoms with Gasteiger partial charge in [0, 0.05) is 39.6 Å². The van der Waals surface area contributed by atoms with E-state index >= 15 is 0 Å². The van der Waals surface area contributed by atoms with Crippen LogP contribution in [0.5, 0.6) is 5.88 Å². The molecule has 0 aliphatic carbocycles. The van der Waals surface area contributed by atoms with E-state index < -0.39 is 17.4 Å². The number of hydrogen-bond donors (Lipinski definition) is 0. The number of nitrogens with zero attached hydrogens (tertiary/aromatic N) is 7. The number of halogens is 2. The van der Waals surface area contributed by atoms with Crippen molar-refractivity contribution in [1.29, 1.82) is 5.26 Å². The Bertz CT molecular complexity index is 1780. The number of nitriles is 1. The van der Waals surface area contributed by atoms with Gasteiger partial charge in [-0.3, -0.25) is 14.5 Å². The van der Waals surface area contributed by atoms with E-state index in [1.807, 2.05) is 38.6 Å². The van der Waals surface area contributed by atoms with Crippen LogP contribution in [0.4, 0.5) is 16.0 Å². The summed E-state index contributed by atoms with van der Waals surface area (Å²) in [4.78, 5) is 38.7. The van der Waals surface area contributed by atoms with Gasteiger partial charge in [-0.15, -0.1) is 0 Å². The Kier molecular flexibility index (Phi) is 7.05. The predicted molar refractivity (Wildman–Crippen MR) is 153 cm³/mol. The van der Waals surface area contributed by atoms with E-state index in [9.17, 15) is 19.2 Å². The lowest BCUT2D eigenvalue weighted by Crippen LogP contribution is -2.31. The number of hydrogen-bond acceptors (Lipinski definition) is 7. The van der Waals surface area contributed by atoms with Gasteiger partial charge in [0.2, 0.25) is 11.8 Å². The van der Waals surface area contributed by atoms with Crippen molar-refractivity contribution in [3.63, 3.8) is 0 Å². The Labute approximate surface area is 240 Å². The number of aromatic nitrogens is 4. The van der Waals surface area contributed by atoms with Gasteiger partial charge in [-0.1, -0.05) is 17.7 Å². The van der Waals surface area contributed by atoms with Crippen molar-refractivity contribution >= 4 is 29.1 Å². The molecule has 41 heavy (non-hydrogen) atoms. The number of aryl methyl sites for hydroxylation is 1. The molecule has 0 spiro atoms. The molecular weight excluding hydrogens is 549 g/mol. The van der Waals surface area contributed by atoms with Crippen molar-refractivity contribution < 1.29 is 13.9 Å². The summed E-state index contributed by atoms with van der Waals surface area (Å²) < 4.78 is 23.9. The highest BCUT2D eigenvalue weighted by Gasteiger charge is 2.44. The Balaban J connectivity index is 1.80. The summed E-state index contributed by atoms with van der Waals surface area (Å²) in [5, 5.41) is 9.25. The molecule has 10 nitrogen and oxygen atoms in total. The highest BCUT2D eigenvalue weighted by Crippen LogP contribution is 2.47. The third-order valence-electron chi connectivity index (χ3n) is 7.00. The van der Waals surface area contributed by atoms with Crippen LogP contribution in [0.1, 0.15) is 53.1 Å². The Morgan fingerprint density at radius 3 is 2.49 bits per heavy atom. The standard InChI is InChI=1S/C29H27ClFN7O3/c1-15(2)37-23(20-13-33-29(35(3)4)34-26(20)41-6)11-19-25(37)24(16-7-8-17(12-32)22(31)9-16)38(27(19)39)18-10-21(30)28(40)36(5)14-18/h7-11,13-15,24H,1-6H3. The van der Waals surface area contributed by atoms with Crippen LogP contribution in [0.15, 0.2) is 47.5 Å². The fourth-order valence-electron chi connectivity index (χ4n) is 5.18. The number of methoxy groups -OCH3 is 1. The topological polar surface area (TPSA) is 109 Å². The largest absolute Gasteiger partial charge is 0.480 e. The molecule has 1 aliphatic rings. The third-order valence-corrected chi connectivity index (χ3v) is 7.27. The second kappa shape index (κ2) is 10.4. The smallest absolute Gasteiger partial charge is 0.269 e. The summed E-state index contributed by atoms with van der Waals surface area (Å²) in [6, 6.07) is 8.33. The predicted octanol–water partition coefficient (Wildman–Crippen LogP) is 4.71. The quantitative estimate of drug-likeness (QED) is 0.327. The van der Waals surface area contributed by atoms with Gasteiger partial charge < -0.3 is 18.8 Å². The lowest BCUT2D eigenvalue weighted by Gasteiger charge is -2.29. The molecule has 1 unspecified atom stereocenters. The summed E-state index contributed by atoms with van der Waals surface area (Å²) in [6.07, 6.45) is 3.17. The number of carbonyl (C=O) groups is 1. The highest BCUT2D eigenvalue weighted by atomic mass is 35.5. The van der Waals surface area contributed by atoms with E-state index in [0.29, 0.717) is 45.6 Å². The molecule has 5 rings (SSSR count). The maximum Gasteiger partial charge on any atom is 0.269 e. The third kappa shape index (κ3) is 4.50. The van der Waals surface area contributed by atoms with Gasteiger partial charge in [0.25, 0.3) is 11.5 Å². The molecule has 0 fully saturated rings. The maximum absolute atomic E-state index is 15.0. The van der Waals surface area contributed by atoms with Gasteiger partial charge >= 0.3 is 0 Å². The first-order chi connectivity index (χ1) is 19.5. The molecule has 1 amide bonds. The molecule has 4 aromatic rings. The Morgan fingerprint density at radius 1 is 1.17 bits per heavy atom. The fourth-order valence-corrected chi connectivity index (χ4v) is 5.42. The number of ether oxygens (including phenoxy) is 1. The Hall–Kier alpha value is -4.69. The zero-order valence-electron chi connectivity index (χ0n) is 23.3. The number of benzene rings is 1. The van der Waals surface area contributed by atoms with E-state index in [1.165, 1.54) is 48.0 Å². The number of carbonyl (C=O) groups excluding carboxylic acids is 1. The molecule has 0 bridgehead atoms. The van der Waals surface area contributed by atoms with Crippen LogP contribution in [-0.4, -0.2) is 46.2 Å². The van der Waals surface area contributed by atoms with Crippen molar-refractivity contribution in [3.05, 3.63) is 86.3 Å². The number of pyridine rings is 1. The van der Waals surface area contributed by atoms with Gasteiger partial charge in [-0.05, 0) is 43.7 Å². The molecule has 0 radical (unpaired) electrons. The molecule has 1 aromatic carbocycles. The van der Waals surface area contributed by atoms with Crippen LogP contribution in [0.25, 0.3) is 11.3 Å². The molecule has 4 heterocycles. The molecule has 0 saturated heterocycles. The van der Waals surface area contributed by atoms with Crippen LogP contribution in [0.3, 0.4) is 0 Å². The molecule has 0 N–H and O–H groups in total. The zero-order chi connectivity index (χ0) is 29.7. The lowest BCUT2D eigenvalue weighted by molar-refractivity contribution is 0.0993. The SMILES string of the molecule is COc1nc(N(C)C)ncc1-c1cc2c(n1C(C)C)C(c1ccc(C#N)c(F)c1)N(c1cc(Cl)c(=O)n(C)c1)C2=O. The van der Waals surface area contributed by atoms with Crippen molar-refractivity contribution in [1.82, 2.24) is 19.1 Å². The summed E-state index contributed by atoms with van der Waals surface area (Å²) in [5.41, 5.74) is 2.49. The van der Waals surface area contributed by atoms with Crippen molar-refractivity contribution in [2.75, 3.05) is 31.0 Å². The molecular formula is C29H27ClFN7O3. The molecule has 12 heteroatoms. The number of anilines is 2. The van der Waals surface area contributed by atoms with Crippen molar-refractivity contribution in [2.24, 2.45) is 7.05 Å². The second-order valence-electron chi connectivity index (χ2n) is 10.2. The van der Waals surface area contributed by atoms with Gasteiger partial charge in [-0.2, -0.15) is 10.2 Å². The monoisotopic (exact) mass is 575 g/mol. The van der Waals surface area contributed by atoms with Gasteiger partial charge in [0.05, 0.1) is 40.9 Å². The molecule has 1 atom stereocenters. The van der Waals surface area contributed by atoms with Gasteiger partial charge in [0.1, 0.15) is 23.0 Å². The first-order valence-electron chi connectivity index (χ1n) is 12.7. The number of fused-ring (bicyclic) bond motifs is 1. The van der Waals surface area contributed by atoms with Crippen LogP contribution in [-0.2, 0) is 7.05 Å². The zero-order valence-corrected chi connectivity index (χ0v) is 24.1. The lowest BCUT2D eigenvalue weighted by atomic mass is 10.0. The maximum atomic E-state index is 15.0. The molecule has 0 saturated carbocycles. The molecule has 210 valence electrons. The van der Waals surface area contributed by atoms with Gasteiger partial charge in [-0.25, -0.2) is 9.37 Å². The normalized spacial score (nSPS) is 14.4.